The number of benzene rings is 2. The summed E-state index contributed by atoms with van der Waals surface area (Å²) in [6.07, 6.45) is 0.544. The molecule has 0 aliphatic heterocycles. The van der Waals surface area contributed by atoms with Crippen LogP contribution in [0.5, 0.6) is 0 Å². The summed E-state index contributed by atoms with van der Waals surface area (Å²) in [5, 5.41) is 4.87. The highest BCUT2D eigenvalue weighted by Crippen LogP contribution is 2.26. The quantitative estimate of drug-likeness (QED) is 0.489. The number of carbonyl (C=O) groups is 1. The molecule has 2 aromatic carbocycles. The first-order chi connectivity index (χ1) is 13.6. The van der Waals surface area contributed by atoms with Crippen LogP contribution in [0.25, 0.3) is 10.2 Å². The minimum absolute atomic E-state index is 0.198. The monoisotopic (exact) mass is 396 g/mol. The molecule has 0 saturated carbocycles. The molecule has 2 heterocycles. The average molecular weight is 396 g/mol. The fourth-order valence-corrected chi connectivity index (χ4v) is 4.08. The molecule has 0 unspecified atom stereocenters. The lowest BCUT2D eigenvalue weighted by Crippen LogP contribution is -2.28. The van der Waals surface area contributed by atoms with Crippen molar-refractivity contribution in [2.75, 3.05) is 6.54 Å². The third-order valence-electron chi connectivity index (χ3n) is 4.57. The van der Waals surface area contributed by atoms with Gasteiger partial charge in [-0.25, -0.2) is 8.78 Å². The molecule has 0 spiro atoms. The Morgan fingerprint density at radius 3 is 2.43 bits per heavy atom. The Kier molecular flexibility index (Phi) is 5.21. The van der Waals surface area contributed by atoms with Crippen molar-refractivity contribution in [3.05, 3.63) is 94.5 Å². The third-order valence-corrected chi connectivity index (χ3v) is 5.43. The van der Waals surface area contributed by atoms with Crippen LogP contribution in [0, 0.1) is 11.6 Å². The van der Waals surface area contributed by atoms with E-state index in [9.17, 15) is 13.6 Å². The summed E-state index contributed by atoms with van der Waals surface area (Å²) in [5.41, 5.74) is 3.10. The summed E-state index contributed by atoms with van der Waals surface area (Å²) in [6, 6.07) is 16.6. The van der Waals surface area contributed by atoms with Crippen LogP contribution in [0.3, 0.4) is 0 Å². The van der Waals surface area contributed by atoms with Crippen molar-refractivity contribution in [3.8, 4) is 0 Å². The lowest BCUT2D eigenvalue weighted by molar-refractivity contribution is 0.0946. The van der Waals surface area contributed by atoms with E-state index >= 15 is 0 Å². The molecule has 1 N–H and O–H groups in total. The van der Waals surface area contributed by atoms with Gasteiger partial charge in [-0.15, -0.1) is 11.3 Å². The van der Waals surface area contributed by atoms with Crippen LogP contribution in [0.2, 0.25) is 0 Å². The highest BCUT2D eigenvalue weighted by Gasteiger charge is 2.16. The van der Waals surface area contributed by atoms with E-state index in [0.717, 1.165) is 21.3 Å². The third kappa shape index (κ3) is 3.97. The molecule has 0 bridgehead atoms. The summed E-state index contributed by atoms with van der Waals surface area (Å²) >= 11 is 1.56. The number of halogens is 2. The second-order valence-electron chi connectivity index (χ2n) is 6.55. The van der Waals surface area contributed by atoms with Gasteiger partial charge < -0.3 is 9.88 Å². The first-order valence-corrected chi connectivity index (χ1v) is 9.82. The molecule has 0 aliphatic carbocycles. The normalized spacial score (nSPS) is 11.1. The number of nitrogens with one attached hydrogen (secondary N) is 1. The number of carbonyl (C=O) groups excluding carboxylic acids is 1. The smallest absolute Gasteiger partial charge is 0.267 e. The summed E-state index contributed by atoms with van der Waals surface area (Å²) in [5.74, 6) is -0.781. The van der Waals surface area contributed by atoms with Crippen LogP contribution in [-0.4, -0.2) is 17.0 Å². The van der Waals surface area contributed by atoms with Gasteiger partial charge in [0.1, 0.15) is 17.3 Å². The largest absolute Gasteiger partial charge is 0.350 e. The number of hydrogen-bond acceptors (Lipinski definition) is 2. The molecule has 0 aliphatic rings. The molecule has 28 heavy (non-hydrogen) atoms. The van der Waals surface area contributed by atoms with E-state index in [-0.39, 0.29) is 17.5 Å². The van der Waals surface area contributed by atoms with Gasteiger partial charge >= 0.3 is 0 Å². The van der Waals surface area contributed by atoms with Gasteiger partial charge in [-0.1, -0.05) is 24.3 Å². The summed E-state index contributed by atoms with van der Waals surface area (Å²) < 4.78 is 29.7. The molecule has 0 radical (unpaired) electrons. The molecule has 2 aromatic heterocycles. The van der Waals surface area contributed by atoms with Crippen LogP contribution >= 0.6 is 11.3 Å². The lowest BCUT2D eigenvalue weighted by atomic mass is 10.1. The van der Waals surface area contributed by atoms with Crippen molar-refractivity contribution in [1.82, 2.24) is 9.88 Å². The Labute approximate surface area is 165 Å². The van der Waals surface area contributed by atoms with Gasteiger partial charge in [0.05, 0.1) is 10.2 Å². The first-order valence-electron chi connectivity index (χ1n) is 8.94. The topological polar surface area (TPSA) is 34.0 Å². The minimum atomic E-state index is -0.299. The second kappa shape index (κ2) is 7.94. The number of hydrogen-bond donors (Lipinski definition) is 1. The van der Waals surface area contributed by atoms with Gasteiger partial charge in [0.25, 0.3) is 5.91 Å². The van der Waals surface area contributed by atoms with E-state index in [2.05, 4.69) is 5.32 Å². The molecule has 6 heteroatoms. The fourth-order valence-electron chi connectivity index (χ4n) is 3.26. The second-order valence-corrected chi connectivity index (χ2v) is 7.50. The van der Waals surface area contributed by atoms with Crippen molar-refractivity contribution >= 4 is 27.5 Å². The molecule has 1 amide bonds. The van der Waals surface area contributed by atoms with Crippen LogP contribution in [0.15, 0.2) is 66.0 Å². The number of thiophene rings is 1. The van der Waals surface area contributed by atoms with Crippen LogP contribution in [0.4, 0.5) is 8.78 Å². The number of aromatic nitrogens is 1. The van der Waals surface area contributed by atoms with E-state index in [1.165, 1.54) is 24.3 Å². The maximum Gasteiger partial charge on any atom is 0.267 e. The van der Waals surface area contributed by atoms with Crippen LogP contribution < -0.4 is 5.32 Å². The Bertz CT molecular complexity index is 1130. The van der Waals surface area contributed by atoms with Crippen LogP contribution in [0.1, 0.15) is 21.6 Å². The van der Waals surface area contributed by atoms with E-state index < -0.39 is 0 Å². The minimum Gasteiger partial charge on any atom is -0.350 e. The van der Waals surface area contributed by atoms with Gasteiger partial charge in [-0.2, -0.15) is 0 Å². The average Bonchev–Trinajstić information content (AvgIpc) is 3.24. The van der Waals surface area contributed by atoms with Crippen molar-refractivity contribution in [2.45, 2.75) is 13.0 Å². The Balaban J connectivity index is 1.52. The van der Waals surface area contributed by atoms with Crippen molar-refractivity contribution in [1.29, 1.82) is 0 Å². The molecule has 3 nitrogen and oxygen atoms in total. The summed E-state index contributed by atoms with van der Waals surface area (Å²) in [7, 11) is 0. The van der Waals surface area contributed by atoms with E-state index in [4.69, 9.17) is 0 Å². The molecule has 0 fully saturated rings. The predicted molar refractivity (Wildman–Crippen MR) is 108 cm³/mol. The van der Waals surface area contributed by atoms with Gasteiger partial charge in [0, 0.05) is 13.1 Å². The van der Waals surface area contributed by atoms with Crippen LogP contribution in [-0.2, 0) is 13.0 Å². The summed E-state index contributed by atoms with van der Waals surface area (Å²) in [4.78, 5) is 12.8. The first kappa shape index (κ1) is 18.4. The zero-order valence-electron chi connectivity index (χ0n) is 15.0. The maximum atomic E-state index is 13.6. The van der Waals surface area contributed by atoms with Gasteiger partial charge in [-0.05, 0) is 59.3 Å². The number of amides is 1. The number of fused-ring (bicyclic) bond motifs is 1. The zero-order chi connectivity index (χ0) is 19.5. The van der Waals surface area contributed by atoms with Gasteiger partial charge in [-0.3, -0.25) is 4.79 Å². The molecular weight excluding hydrogens is 378 g/mol. The van der Waals surface area contributed by atoms with Gasteiger partial charge in [0.15, 0.2) is 0 Å². The van der Waals surface area contributed by atoms with Crippen molar-refractivity contribution in [3.63, 3.8) is 0 Å². The van der Waals surface area contributed by atoms with E-state index in [1.807, 2.05) is 34.2 Å². The number of rotatable bonds is 6. The zero-order valence-corrected chi connectivity index (χ0v) is 15.8. The SMILES string of the molecule is O=C(NCCc1cccc(F)c1)c1cc2sccc2n1Cc1cccc(F)c1. The highest BCUT2D eigenvalue weighted by molar-refractivity contribution is 7.17. The molecule has 4 aromatic rings. The highest BCUT2D eigenvalue weighted by atomic mass is 32.1. The molecule has 4 rings (SSSR count). The standard InChI is InChI=1S/C22H18F2N2OS/c23-17-5-1-3-15(11-17)7-9-25-22(27)20-13-21-19(8-10-28-21)26(20)14-16-4-2-6-18(24)12-16/h1-6,8,10-13H,7,9,14H2,(H,25,27). The Hall–Kier alpha value is -2.99. The van der Waals surface area contributed by atoms with Crippen molar-refractivity contribution in [2.24, 2.45) is 0 Å². The lowest BCUT2D eigenvalue weighted by Gasteiger charge is -2.11. The van der Waals surface area contributed by atoms with Gasteiger partial charge in [0.2, 0.25) is 0 Å². The fraction of sp³-hybridized carbons (Fsp3) is 0.136. The Morgan fingerprint density at radius 2 is 1.68 bits per heavy atom. The Morgan fingerprint density at radius 1 is 0.964 bits per heavy atom. The van der Waals surface area contributed by atoms with E-state index in [1.54, 1.807) is 23.5 Å². The molecule has 0 saturated heterocycles. The van der Waals surface area contributed by atoms with E-state index in [0.29, 0.717) is 25.2 Å². The van der Waals surface area contributed by atoms with Crippen molar-refractivity contribution < 1.29 is 13.6 Å². The summed E-state index contributed by atoms with van der Waals surface area (Å²) in [6.45, 7) is 0.811. The predicted octanol–water partition coefficient (Wildman–Crippen LogP) is 5.00. The molecular formula is C22H18F2N2OS. The maximum absolute atomic E-state index is 13.6. The molecule has 142 valence electrons. The number of nitrogens with zero attached hydrogens (tertiary/aromatic N) is 1. The molecule has 0 atom stereocenters.